The van der Waals surface area contributed by atoms with Crippen molar-refractivity contribution < 1.29 is 22.7 Å². The number of fused-ring (bicyclic) bond motifs is 4. The lowest BCUT2D eigenvalue weighted by atomic mass is 9.87. The maximum Gasteiger partial charge on any atom is 0.264 e. The third-order valence-corrected chi connectivity index (χ3v) is 10.9. The summed E-state index contributed by atoms with van der Waals surface area (Å²) < 4.78 is 43.1. The minimum atomic E-state index is -4.24. The predicted molar refractivity (Wildman–Crippen MR) is 206 cm³/mol. The molecule has 12 nitrogen and oxygen atoms in total. The van der Waals surface area contributed by atoms with Crippen LogP contribution in [0.25, 0.3) is 11.3 Å². The van der Waals surface area contributed by atoms with Gasteiger partial charge in [0.25, 0.3) is 15.9 Å². The van der Waals surface area contributed by atoms with Gasteiger partial charge in [0.2, 0.25) is 11.8 Å². The van der Waals surface area contributed by atoms with Crippen molar-refractivity contribution in [1.29, 1.82) is 0 Å². The van der Waals surface area contributed by atoms with Crippen molar-refractivity contribution in [1.82, 2.24) is 24.8 Å². The fourth-order valence-electron chi connectivity index (χ4n) is 6.95. The summed E-state index contributed by atoms with van der Waals surface area (Å²) in [4.78, 5) is 37.2. The molecule has 4 heterocycles. The quantitative estimate of drug-likeness (QED) is 0.207. The summed E-state index contributed by atoms with van der Waals surface area (Å²) in [6.07, 6.45) is 5.17. The minimum Gasteiger partial charge on any atom is -0.490 e. The van der Waals surface area contributed by atoms with Gasteiger partial charge in [-0.15, -0.1) is 0 Å². The number of ether oxygens (including phenoxy) is 2. The topological polar surface area (TPSA) is 140 Å². The largest absolute Gasteiger partial charge is 0.490 e. The summed E-state index contributed by atoms with van der Waals surface area (Å²) in [5.41, 5.74) is 3.81. The Bertz CT molecular complexity index is 2100. The number of sulfonamides is 1. The Morgan fingerprint density at radius 1 is 1.06 bits per heavy atom. The van der Waals surface area contributed by atoms with Gasteiger partial charge in [0, 0.05) is 29.8 Å². The van der Waals surface area contributed by atoms with E-state index in [0.29, 0.717) is 34.8 Å². The second kappa shape index (κ2) is 14.6. The first-order valence-corrected chi connectivity index (χ1v) is 19.7. The zero-order valence-electron chi connectivity index (χ0n) is 32.2. The van der Waals surface area contributed by atoms with Crippen LogP contribution in [-0.4, -0.2) is 71.0 Å². The smallest absolute Gasteiger partial charge is 0.264 e. The Balaban J connectivity index is 1.46. The maximum absolute atomic E-state index is 14.6. The molecule has 13 heteroatoms. The molecule has 2 aromatic heterocycles. The van der Waals surface area contributed by atoms with Crippen LogP contribution in [-0.2, 0) is 16.6 Å². The van der Waals surface area contributed by atoms with Gasteiger partial charge < -0.3 is 19.3 Å². The molecule has 4 bridgehead atoms. The summed E-state index contributed by atoms with van der Waals surface area (Å²) in [5, 5.41) is 0. The van der Waals surface area contributed by atoms with Gasteiger partial charge in [-0.05, 0) is 81.2 Å². The average molecular weight is 742 g/mol. The van der Waals surface area contributed by atoms with Gasteiger partial charge in [-0.3, -0.25) is 4.79 Å². The van der Waals surface area contributed by atoms with E-state index in [2.05, 4.69) is 49.2 Å². The lowest BCUT2D eigenvalue weighted by Gasteiger charge is -2.35. The molecule has 1 amide bonds. The number of nitrogens with one attached hydrogen (secondary N) is 1. The number of hydrogen-bond acceptors (Lipinski definition) is 10. The van der Waals surface area contributed by atoms with E-state index in [0.717, 1.165) is 30.8 Å². The second-order valence-corrected chi connectivity index (χ2v) is 18.1. The standard InChI is InChI=1S/C40H51N7O5S/c1-25(2)52-32-15-10-12-26(3)34(32)35-27(4)36-44-38(43-35)45-53(49,50)31-14-11-13-28(18-31)37(48)47(29(23-51-36)19-39(5,6)7)22-33-41-20-30(21-42-33)46-17-16-40(8,9)24-46/h10-15,18,20-21,25,29H,16-17,19,22-24H2,1-9H3,(H,43,44,45)/t29-/m1/s1. The van der Waals surface area contributed by atoms with E-state index in [1.165, 1.54) is 12.1 Å². The molecular formula is C40H51N7O5S. The minimum absolute atomic E-state index is 0.0657. The highest BCUT2D eigenvalue weighted by molar-refractivity contribution is 7.92. The molecule has 0 radical (unpaired) electrons. The van der Waals surface area contributed by atoms with Crippen LogP contribution >= 0.6 is 0 Å². The third-order valence-electron chi connectivity index (χ3n) is 9.56. The number of nitrogens with zero attached hydrogens (tertiary/aromatic N) is 6. The molecule has 1 saturated heterocycles. The highest BCUT2D eigenvalue weighted by atomic mass is 32.2. The first-order valence-electron chi connectivity index (χ1n) is 18.2. The van der Waals surface area contributed by atoms with Crippen molar-refractivity contribution in [2.75, 3.05) is 29.3 Å². The zero-order valence-corrected chi connectivity index (χ0v) is 33.0. The van der Waals surface area contributed by atoms with Gasteiger partial charge in [0.1, 0.15) is 18.2 Å². The highest BCUT2D eigenvalue weighted by Crippen LogP contribution is 2.39. The van der Waals surface area contributed by atoms with E-state index in [4.69, 9.17) is 24.4 Å². The fraction of sp³-hybridized carbons (Fsp3) is 0.475. The van der Waals surface area contributed by atoms with Crippen molar-refractivity contribution in [2.24, 2.45) is 10.8 Å². The number of amides is 1. The van der Waals surface area contributed by atoms with Crippen molar-refractivity contribution in [2.45, 2.75) is 98.7 Å². The molecule has 2 aliphatic rings. The zero-order chi connectivity index (χ0) is 38.3. The molecule has 0 unspecified atom stereocenters. The van der Waals surface area contributed by atoms with Crippen molar-refractivity contribution in [3.05, 3.63) is 77.4 Å². The molecule has 2 aliphatic heterocycles. The summed E-state index contributed by atoms with van der Waals surface area (Å²) in [5.74, 6) is 0.745. The van der Waals surface area contributed by atoms with E-state index in [-0.39, 0.29) is 58.3 Å². The van der Waals surface area contributed by atoms with Gasteiger partial charge >= 0.3 is 0 Å². The fourth-order valence-corrected chi connectivity index (χ4v) is 7.94. The van der Waals surface area contributed by atoms with Crippen molar-refractivity contribution in [3.63, 3.8) is 0 Å². The van der Waals surface area contributed by atoms with Crippen LogP contribution in [0.15, 0.2) is 59.8 Å². The van der Waals surface area contributed by atoms with Gasteiger partial charge in [-0.1, -0.05) is 52.8 Å². The molecular weight excluding hydrogens is 691 g/mol. The molecule has 0 saturated carbocycles. The molecule has 6 rings (SSSR count). The number of aryl methyl sites for hydroxylation is 1. The number of hydrogen-bond donors (Lipinski definition) is 1. The lowest BCUT2D eigenvalue weighted by molar-refractivity contribution is 0.0504. The van der Waals surface area contributed by atoms with Gasteiger partial charge in [-0.25, -0.2) is 28.1 Å². The molecule has 1 atom stereocenters. The number of rotatable bonds is 7. The average Bonchev–Trinajstić information content (AvgIpc) is 3.45. The number of carbonyl (C=O) groups excluding carboxylic acids is 1. The lowest BCUT2D eigenvalue weighted by Crippen LogP contribution is -2.45. The van der Waals surface area contributed by atoms with Crippen LogP contribution in [0.4, 0.5) is 11.6 Å². The third kappa shape index (κ3) is 8.72. The number of carbonyl (C=O) groups is 1. The van der Waals surface area contributed by atoms with E-state index in [1.54, 1.807) is 17.0 Å². The van der Waals surface area contributed by atoms with Gasteiger partial charge in [-0.2, -0.15) is 4.98 Å². The van der Waals surface area contributed by atoms with Crippen LogP contribution < -0.4 is 19.1 Å². The number of anilines is 2. The monoisotopic (exact) mass is 741 g/mol. The molecule has 1 N–H and O–H groups in total. The van der Waals surface area contributed by atoms with Crippen LogP contribution in [0.1, 0.15) is 88.6 Å². The molecule has 0 spiro atoms. The summed E-state index contributed by atoms with van der Waals surface area (Å²) in [6.45, 7) is 20.5. The van der Waals surface area contributed by atoms with Crippen molar-refractivity contribution >= 4 is 27.6 Å². The number of aromatic nitrogens is 4. The molecule has 282 valence electrons. The van der Waals surface area contributed by atoms with E-state index >= 15 is 0 Å². The normalized spacial score (nSPS) is 18.5. The molecule has 0 aliphatic carbocycles. The number of benzene rings is 2. The summed E-state index contributed by atoms with van der Waals surface area (Å²) in [6, 6.07) is 11.3. The Hall–Kier alpha value is -4.78. The van der Waals surface area contributed by atoms with Crippen LogP contribution in [0.5, 0.6) is 11.6 Å². The highest BCUT2D eigenvalue weighted by Gasteiger charge is 2.33. The SMILES string of the molecule is Cc1cccc(OC(C)C)c1-c1nc2nc(c1C)OC[C@@H](CC(C)(C)C)N(Cc1ncc(N3CCC(C)(C)C3)cn1)C(=O)c1cccc(c1)S(=O)(=O)N2. The first kappa shape index (κ1) is 38.0. The Morgan fingerprint density at radius 3 is 2.43 bits per heavy atom. The van der Waals surface area contributed by atoms with Crippen molar-refractivity contribution in [3.8, 4) is 22.9 Å². The molecule has 2 aromatic carbocycles. The Morgan fingerprint density at radius 2 is 1.77 bits per heavy atom. The van der Waals surface area contributed by atoms with Gasteiger partial charge in [0.15, 0.2) is 0 Å². The van der Waals surface area contributed by atoms with E-state index < -0.39 is 16.1 Å². The van der Waals surface area contributed by atoms with E-state index in [9.17, 15) is 13.2 Å². The first-order chi connectivity index (χ1) is 24.9. The maximum atomic E-state index is 14.6. The summed E-state index contributed by atoms with van der Waals surface area (Å²) in [7, 11) is -4.24. The van der Waals surface area contributed by atoms with Crippen LogP contribution in [0.3, 0.4) is 0 Å². The van der Waals surface area contributed by atoms with E-state index in [1.807, 2.05) is 58.3 Å². The molecule has 4 aromatic rings. The Labute approximate surface area is 313 Å². The van der Waals surface area contributed by atoms with Gasteiger partial charge in [0.05, 0.1) is 47.4 Å². The summed E-state index contributed by atoms with van der Waals surface area (Å²) >= 11 is 0. The molecule has 53 heavy (non-hydrogen) atoms. The predicted octanol–water partition coefficient (Wildman–Crippen LogP) is 7.21. The Kier molecular flexibility index (Phi) is 10.4. The second-order valence-electron chi connectivity index (χ2n) is 16.4. The van der Waals surface area contributed by atoms with Crippen LogP contribution in [0, 0.1) is 24.7 Å². The van der Waals surface area contributed by atoms with Crippen LogP contribution in [0.2, 0.25) is 0 Å². The molecule has 1 fully saturated rings.